The van der Waals surface area contributed by atoms with E-state index in [4.69, 9.17) is 11.6 Å². The molecule has 214 valence electrons. The lowest BCUT2D eigenvalue weighted by molar-refractivity contribution is -0.384. The lowest BCUT2D eigenvalue weighted by Gasteiger charge is -2.32. The fourth-order valence-electron chi connectivity index (χ4n) is 4.20. The van der Waals surface area contributed by atoms with Crippen LogP contribution < -0.4 is 20.9 Å². The summed E-state index contributed by atoms with van der Waals surface area (Å²) in [7, 11) is 2.07. The first-order valence-corrected chi connectivity index (χ1v) is 13.5. The number of halogens is 1. The van der Waals surface area contributed by atoms with Crippen molar-refractivity contribution in [3.63, 3.8) is 0 Å². The Morgan fingerprint density at radius 2 is 1.60 bits per heavy atom. The fraction of sp³-hybridized carbons (Fsp3) is 0.172. The Morgan fingerprint density at radius 3 is 2.36 bits per heavy atom. The number of amides is 2. The van der Waals surface area contributed by atoms with E-state index in [0.29, 0.717) is 45.4 Å². The molecule has 1 saturated heterocycles. The second kappa shape index (κ2) is 13.1. The molecule has 0 spiro atoms. The summed E-state index contributed by atoms with van der Waals surface area (Å²) in [5.41, 5.74) is 2.48. The standard InChI is InChI=1S/C29H28ClN9O3/c1-37-14-16-38(17-15-37)28-35-26(13-8-20-4-2-7-25(18-20)39(41)42)34-27(36-28)31-23-5-3-6-24(19-23)33-29(40)32-22-11-9-21(30)10-12-22/h2-13,18-19H,14-17H2,1H3,(H2,32,33,40)(H,31,34,35,36)/b13-8+. The van der Waals surface area contributed by atoms with Crippen LogP contribution in [0.2, 0.25) is 5.02 Å². The van der Waals surface area contributed by atoms with Gasteiger partial charge in [0.2, 0.25) is 11.9 Å². The Bertz CT molecular complexity index is 1610. The molecular weight excluding hydrogens is 558 g/mol. The molecule has 2 heterocycles. The number of piperazine rings is 1. The maximum atomic E-state index is 12.5. The minimum atomic E-state index is -0.432. The number of carbonyl (C=O) groups is 1. The number of carbonyl (C=O) groups excluding carboxylic acids is 1. The molecule has 12 nitrogen and oxygen atoms in total. The number of rotatable bonds is 8. The van der Waals surface area contributed by atoms with Gasteiger partial charge in [0.1, 0.15) is 0 Å². The van der Waals surface area contributed by atoms with Crippen LogP contribution in [0.1, 0.15) is 11.4 Å². The van der Waals surface area contributed by atoms with Crippen molar-refractivity contribution in [1.29, 1.82) is 0 Å². The second-order valence-electron chi connectivity index (χ2n) is 9.58. The van der Waals surface area contributed by atoms with E-state index in [-0.39, 0.29) is 5.69 Å². The lowest BCUT2D eigenvalue weighted by atomic mass is 10.2. The Morgan fingerprint density at radius 1 is 0.881 bits per heavy atom. The van der Waals surface area contributed by atoms with E-state index >= 15 is 0 Å². The van der Waals surface area contributed by atoms with Gasteiger partial charge in [-0.15, -0.1) is 0 Å². The predicted molar refractivity (Wildman–Crippen MR) is 165 cm³/mol. The fourth-order valence-corrected chi connectivity index (χ4v) is 4.33. The van der Waals surface area contributed by atoms with Crippen LogP contribution >= 0.6 is 11.6 Å². The van der Waals surface area contributed by atoms with E-state index in [1.54, 1.807) is 66.7 Å². The predicted octanol–water partition coefficient (Wildman–Crippen LogP) is 5.74. The van der Waals surface area contributed by atoms with Gasteiger partial charge in [-0.2, -0.15) is 15.0 Å². The van der Waals surface area contributed by atoms with Crippen LogP contribution in [0, 0.1) is 10.1 Å². The first kappa shape index (κ1) is 28.5. The van der Waals surface area contributed by atoms with E-state index in [2.05, 4.69) is 47.7 Å². The number of likely N-dealkylation sites (N-methyl/N-ethyl adjacent to an activating group) is 1. The van der Waals surface area contributed by atoms with Crippen molar-refractivity contribution < 1.29 is 9.72 Å². The third-order valence-electron chi connectivity index (χ3n) is 6.41. The average molecular weight is 586 g/mol. The summed E-state index contributed by atoms with van der Waals surface area (Å²) in [4.78, 5) is 41.4. The number of non-ortho nitro benzene ring substituents is 1. The van der Waals surface area contributed by atoms with E-state index in [1.165, 1.54) is 12.1 Å². The summed E-state index contributed by atoms with van der Waals surface area (Å²) in [6.45, 7) is 3.27. The minimum Gasteiger partial charge on any atom is -0.338 e. The number of anilines is 5. The zero-order valence-corrected chi connectivity index (χ0v) is 23.5. The van der Waals surface area contributed by atoms with Gasteiger partial charge in [0.05, 0.1) is 4.92 Å². The molecule has 1 aliphatic heterocycles. The Kier molecular flexibility index (Phi) is 8.85. The summed E-state index contributed by atoms with van der Waals surface area (Å²) in [6.07, 6.45) is 3.42. The Labute approximate surface area is 247 Å². The zero-order chi connectivity index (χ0) is 29.5. The van der Waals surface area contributed by atoms with Gasteiger partial charge in [-0.3, -0.25) is 10.1 Å². The Balaban J connectivity index is 1.35. The molecule has 1 aliphatic rings. The van der Waals surface area contributed by atoms with Crippen molar-refractivity contribution in [2.45, 2.75) is 0 Å². The number of nitro benzene ring substituents is 1. The van der Waals surface area contributed by atoms with Crippen molar-refractivity contribution in [1.82, 2.24) is 19.9 Å². The quantitative estimate of drug-likeness (QED) is 0.174. The number of hydrogen-bond donors (Lipinski definition) is 3. The van der Waals surface area contributed by atoms with Gasteiger partial charge in [-0.1, -0.05) is 35.9 Å². The van der Waals surface area contributed by atoms with Crippen LogP contribution in [0.4, 0.5) is 39.4 Å². The van der Waals surface area contributed by atoms with Gasteiger partial charge in [0.15, 0.2) is 5.82 Å². The molecule has 0 aliphatic carbocycles. The van der Waals surface area contributed by atoms with Crippen LogP contribution in [0.5, 0.6) is 0 Å². The number of benzene rings is 3. The zero-order valence-electron chi connectivity index (χ0n) is 22.7. The molecule has 0 radical (unpaired) electrons. The van der Waals surface area contributed by atoms with Crippen molar-refractivity contribution in [2.75, 3.05) is 54.1 Å². The normalized spacial score (nSPS) is 13.6. The van der Waals surface area contributed by atoms with Crippen molar-refractivity contribution in [2.24, 2.45) is 0 Å². The molecule has 3 N–H and O–H groups in total. The third-order valence-corrected chi connectivity index (χ3v) is 6.66. The maximum absolute atomic E-state index is 12.5. The molecule has 5 rings (SSSR count). The number of nitro groups is 1. The van der Waals surface area contributed by atoms with Crippen LogP contribution in [-0.2, 0) is 0 Å². The van der Waals surface area contributed by atoms with E-state index in [1.807, 2.05) is 6.07 Å². The topological polar surface area (TPSA) is 141 Å². The minimum absolute atomic E-state index is 0.00335. The molecule has 4 aromatic rings. The third kappa shape index (κ3) is 7.77. The number of nitrogens with zero attached hydrogens (tertiary/aromatic N) is 6. The van der Waals surface area contributed by atoms with E-state index in [0.717, 1.165) is 26.2 Å². The number of aromatic nitrogens is 3. The largest absolute Gasteiger partial charge is 0.338 e. The first-order chi connectivity index (χ1) is 20.3. The van der Waals surface area contributed by atoms with Crippen molar-refractivity contribution in [3.05, 3.63) is 99.3 Å². The number of hydrogen-bond acceptors (Lipinski definition) is 9. The van der Waals surface area contributed by atoms with Crippen LogP contribution in [0.15, 0.2) is 72.8 Å². The molecule has 42 heavy (non-hydrogen) atoms. The highest BCUT2D eigenvalue weighted by atomic mass is 35.5. The average Bonchev–Trinajstić information content (AvgIpc) is 2.98. The van der Waals surface area contributed by atoms with E-state index in [9.17, 15) is 14.9 Å². The highest BCUT2D eigenvalue weighted by molar-refractivity contribution is 6.30. The van der Waals surface area contributed by atoms with E-state index < -0.39 is 11.0 Å². The molecule has 1 aromatic heterocycles. The van der Waals surface area contributed by atoms with Gasteiger partial charge < -0.3 is 25.8 Å². The summed E-state index contributed by atoms with van der Waals surface area (Å²) >= 11 is 5.91. The monoisotopic (exact) mass is 585 g/mol. The van der Waals surface area contributed by atoms with Gasteiger partial charge in [0.25, 0.3) is 5.69 Å². The molecule has 0 unspecified atom stereocenters. The summed E-state index contributed by atoms with van der Waals surface area (Å²) in [5.74, 6) is 1.24. The van der Waals surface area contributed by atoms with Crippen molar-refractivity contribution >= 4 is 64.4 Å². The van der Waals surface area contributed by atoms with Gasteiger partial charge >= 0.3 is 6.03 Å². The lowest BCUT2D eigenvalue weighted by Crippen LogP contribution is -2.45. The van der Waals surface area contributed by atoms with Crippen LogP contribution in [-0.4, -0.2) is 64.0 Å². The smallest absolute Gasteiger partial charge is 0.323 e. The van der Waals surface area contributed by atoms with Gasteiger partial charge in [-0.25, -0.2) is 4.79 Å². The highest BCUT2D eigenvalue weighted by Crippen LogP contribution is 2.22. The molecule has 0 bridgehead atoms. The van der Waals surface area contributed by atoms with Gasteiger partial charge in [-0.05, 0) is 61.2 Å². The molecule has 0 atom stereocenters. The van der Waals surface area contributed by atoms with Crippen molar-refractivity contribution in [3.8, 4) is 0 Å². The Hall–Kier alpha value is -5.07. The van der Waals surface area contributed by atoms with Gasteiger partial charge in [0, 0.05) is 60.4 Å². The molecule has 0 saturated carbocycles. The second-order valence-corrected chi connectivity index (χ2v) is 10.0. The molecular formula is C29H28ClN9O3. The molecule has 1 fully saturated rings. The summed E-state index contributed by atoms with van der Waals surface area (Å²) in [5, 5.41) is 20.5. The molecule has 13 heteroatoms. The number of urea groups is 1. The molecule has 2 amide bonds. The maximum Gasteiger partial charge on any atom is 0.323 e. The van der Waals surface area contributed by atoms with Crippen LogP contribution in [0.25, 0.3) is 12.2 Å². The van der Waals surface area contributed by atoms with Crippen LogP contribution in [0.3, 0.4) is 0 Å². The summed E-state index contributed by atoms with van der Waals surface area (Å²) < 4.78 is 0. The SMILES string of the molecule is CN1CCN(c2nc(/C=C/c3cccc([N+](=O)[O-])c3)nc(Nc3cccc(NC(=O)Nc4ccc(Cl)cc4)c3)n2)CC1. The highest BCUT2D eigenvalue weighted by Gasteiger charge is 2.18. The molecule has 3 aromatic carbocycles. The number of nitrogens with one attached hydrogen (secondary N) is 3. The first-order valence-electron chi connectivity index (χ1n) is 13.1. The summed E-state index contributed by atoms with van der Waals surface area (Å²) in [6, 6.07) is 19.9.